The number of hydrogen-bond donors (Lipinski definition) is 1. The second-order valence-electron chi connectivity index (χ2n) is 6.67. The number of aryl methyl sites for hydroxylation is 1. The summed E-state index contributed by atoms with van der Waals surface area (Å²) in [6.45, 7) is 6.34. The quantitative estimate of drug-likeness (QED) is 0.627. The van der Waals surface area contributed by atoms with Crippen LogP contribution in [0.2, 0.25) is 0 Å². The molecule has 3 rings (SSSR count). The van der Waals surface area contributed by atoms with E-state index in [9.17, 15) is 4.79 Å². The summed E-state index contributed by atoms with van der Waals surface area (Å²) in [4.78, 5) is 12.8. The molecular weight excluding hydrogens is 362 g/mol. The zero-order chi connectivity index (χ0) is 19.4. The summed E-state index contributed by atoms with van der Waals surface area (Å²) in [6, 6.07) is 9.51. The first-order valence-corrected chi connectivity index (χ1v) is 9.77. The Labute approximate surface area is 162 Å². The van der Waals surface area contributed by atoms with E-state index in [-0.39, 0.29) is 12.5 Å². The molecule has 0 bridgehead atoms. The van der Waals surface area contributed by atoms with E-state index in [1.807, 2.05) is 41.9 Å². The van der Waals surface area contributed by atoms with E-state index in [2.05, 4.69) is 34.5 Å². The number of nitrogens with one attached hydrogen (secondary N) is 1. The first-order valence-electron chi connectivity index (χ1n) is 8.78. The van der Waals surface area contributed by atoms with Crippen molar-refractivity contribution in [1.82, 2.24) is 25.2 Å². The summed E-state index contributed by atoms with van der Waals surface area (Å²) in [5, 5.41) is 16.2. The predicted octanol–water partition coefficient (Wildman–Crippen LogP) is 3.46. The third-order valence-electron chi connectivity index (χ3n) is 4.01. The molecule has 0 aliphatic heterocycles. The lowest BCUT2D eigenvalue weighted by Gasteiger charge is -2.07. The smallest absolute Gasteiger partial charge is 0.257 e. The van der Waals surface area contributed by atoms with Gasteiger partial charge in [-0.05, 0) is 12.8 Å². The SMILES string of the molecule is Cc1onc(-c2ccccc2)c1C(=O)NCc1nnc(SCC(C)C)n1C. The van der Waals surface area contributed by atoms with Gasteiger partial charge in [-0.2, -0.15) is 0 Å². The molecule has 1 aromatic carbocycles. The molecule has 27 heavy (non-hydrogen) atoms. The molecule has 3 aromatic rings. The molecule has 2 heterocycles. The Bertz CT molecular complexity index is 918. The third-order valence-corrected chi connectivity index (χ3v) is 5.46. The van der Waals surface area contributed by atoms with Gasteiger partial charge in [-0.25, -0.2) is 0 Å². The number of aromatic nitrogens is 4. The van der Waals surface area contributed by atoms with Crippen LogP contribution in [-0.2, 0) is 13.6 Å². The van der Waals surface area contributed by atoms with Crippen LogP contribution < -0.4 is 5.32 Å². The highest BCUT2D eigenvalue weighted by Gasteiger charge is 2.22. The van der Waals surface area contributed by atoms with E-state index in [1.165, 1.54) is 0 Å². The van der Waals surface area contributed by atoms with Crippen molar-refractivity contribution in [1.29, 1.82) is 0 Å². The Kier molecular flexibility index (Phi) is 5.95. The Morgan fingerprint density at radius 1 is 1.26 bits per heavy atom. The molecule has 0 atom stereocenters. The van der Waals surface area contributed by atoms with E-state index >= 15 is 0 Å². The molecule has 142 valence electrons. The molecule has 0 saturated carbocycles. The zero-order valence-electron chi connectivity index (χ0n) is 15.9. The Balaban J connectivity index is 1.72. The lowest BCUT2D eigenvalue weighted by Crippen LogP contribution is -2.25. The topological polar surface area (TPSA) is 85.8 Å². The number of amides is 1. The maximum atomic E-state index is 12.8. The van der Waals surface area contributed by atoms with Gasteiger partial charge in [0.2, 0.25) is 0 Å². The van der Waals surface area contributed by atoms with Gasteiger partial charge in [0.05, 0.1) is 6.54 Å². The van der Waals surface area contributed by atoms with E-state index in [0.717, 1.165) is 16.5 Å². The lowest BCUT2D eigenvalue weighted by atomic mass is 10.1. The number of rotatable bonds is 7. The average molecular weight is 385 g/mol. The molecule has 1 N–H and O–H groups in total. The van der Waals surface area contributed by atoms with Crippen molar-refractivity contribution in [3.05, 3.63) is 47.5 Å². The Morgan fingerprint density at radius 3 is 2.70 bits per heavy atom. The van der Waals surface area contributed by atoms with Gasteiger partial charge in [0.1, 0.15) is 17.0 Å². The number of nitrogens with zero attached hydrogens (tertiary/aromatic N) is 4. The molecule has 0 aliphatic carbocycles. The minimum atomic E-state index is -0.244. The molecule has 0 spiro atoms. The molecule has 0 saturated heterocycles. The minimum Gasteiger partial charge on any atom is -0.360 e. The van der Waals surface area contributed by atoms with E-state index in [0.29, 0.717) is 28.8 Å². The van der Waals surface area contributed by atoms with Crippen LogP contribution in [0.5, 0.6) is 0 Å². The van der Waals surface area contributed by atoms with Gasteiger partial charge in [0.25, 0.3) is 5.91 Å². The van der Waals surface area contributed by atoms with Crippen LogP contribution in [0, 0.1) is 12.8 Å². The van der Waals surface area contributed by atoms with Crippen LogP contribution in [-0.4, -0.2) is 31.6 Å². The van der Waals surface area contributed by atoms with E-state index < -0.39 is 0 Å². The maximum absolute atomic E-state index is 12.8. The highest BCUT2D eigenvalue weighted by atomic mass is 32.2. The summed E-state index contributed by atoms with van der Waals surface area (Å²) >= 11 is 1.66. The second-order valence-corrected chi connectivity index (χ2v) is 7.66. The van der Waals surface area contributed by atoms with Crippen LogP contribution in [0.4, 0.5) is 0 Å². The van der Waals surface area contributed by atoms with Gasteiger partial charge >= 0.3 is 0 Å². The molecule has 0 fully saturated rings. The van der Waals surface area contributed by atoms with Crippen LogP contribution in [0.3, 0.4) is 0 Å². The molecule has 7 nitrogen and oxygen atoms in total. The van der Waals surface area contributed by atoms with Crippen molar-refractivity contribution in [2.45, 2.75) is 32.5 Å². The van der Waals surface area contributed by atoms with Crippen LogP contribution in [0.25, 0.3) is 11.3 Å². The van der Waals surface area contributed by atoms with Crippen molar-refractivity contribution in [3.63, 3.8) is 0 Å². The second kappa shape index (κ2) is 8.39. The van der Waals surface area contributed by atoms with Gasteiger partial charge in [-0.3, -0.25) is 4.79 Å². The average Bonchev–Trinajstić information content (AvgIpc) is 3.21. The third kappa shape index (κ3) is 4.39. The van der Waals surface area contributed by atoms with Crippen LogP contribution in [0.1, 0.15) is 35.8 Å². The van der Waals surface area contributed by atoms with E-state index in [4.69, 9.17) is 4.52 Å². The molecule has 8 heteroatoms. The first kappa shape index (κ1) is 19.2. The largest absolute Gasteiger partial charge is 0.360 e. The predicted molar refractivity (Wildman–Crippen MR) is 104 cm³/mol. The standard InChI is InChI=1S/C19H23N5O2S/c1-12(2)11-27-19-22-21-15(24(19)4)10-20-18(25)16-13(3)26-23-17(16)14-8-6-5-7-9-14/h5-9,12H,10-11H2,1-4H3,(H,20,25). The highest BCUT2D eigenvalue weighted by molar-refractivity contribution is 7.99. The fourth-order valence-electron chi connectivity index (χ4n) is 2.55. The van der Waals surface area contributed by atoms with Gasteiger partial charge in [-0.1, -0.05) is 61.1 Å². The number of carbonyl (C=O) groups excluding carboxylic acids is 1. The summed E-state index contributed by atoms with van der Waals surface area (Å²) in [5.74, 6) is 2.48. The zero-order valence-corrected chi connectivity index (χ0v) is 16.7. The van der Waals surface area contributed by atoms with Crippen molar-refractivity contribution in [2.24, 2.45) is 13.0 Å². The summed E-state index contributed by atoms with van der Waals surface area (Å²) in [7, 11) is 1.91. The van der Waals surface area contributed by atoms with Crippen molar-refractivity contribution in [3.8, 4) is 11.3 Å². The molecule has 0 aliphatic rings. The number of benzene rings is 1. The summed E-state index contributed by atoms with van der Waals surface area (Å²) in [6.07, 6.45) is 0. The molecule has 0 unspecified atom stereocenters. The highest BCUT2D eigenvalue weighted by Crippen LogP contribution is 2.25. The summed E-state index contributed by atoms with van der Waals surface area (Å²) in [5.41, 5.74) is 1.82. The fraction of sp³-hybridized carbons (Fsp3) is 0.368. The first-order chi connectivity index (χ1) is 13.0. The molecular formula is C19H23N5O2S. The van der Waals surface area contributed by atoms with Crippen molar-refractivity contribution < 1.29 is 9.32 Å². The number of hydrogen-bond acceptors (Lipinski definition) is 6. The fourth-order valence-corrected chi connectivity index (χ4v) is 3.43. The summed E-state index contributed by atoms with van der Waals surface area (Å²) < 4.78 is 7.17. The van der Waals surface area contributed by atoms with Gasteiger partial charge in [0.15, 0.2) is 11.0 Å². The molecule has 2 aromatic heterocycles. The monoisotopic (exact) mass is 385 g/mol. The maximum Gasteiger partial charge on any atom is 0.257 e. The van der Waals surface area contributed by atoms with Crippen molar-refractivity contribution in [2.75, 3.05) is 5.75 Å². The number of carbonyl (C=O) groups is 1. The van der Waals surface area contributed by atoms with Gasteiger partial charge < -0.3 is 14.4 Å². The van der Waals surface area contributed by atoms with Gasteiger partial charge in [0, 0.05) is 18.4 Å². The minimum absolute atomic E-state index is 0.244. The lowest BCUT2D eigenvalue weighted by molar-refractivity contribution is 0.0948. The number of thioether (sulfide) groups is 1. The van der Waals surface area contributed by atoms with Crippen LogP contribution >= 0.6 is 11.8 Å². The molecule has 0 radical (unpaired) electrons. The van der Waals surface area contributed by atoms with Gasteiger partial charge in [-0.15, -0.1) is 10.2 Å². The Hall–Kier alpha value is -2.61. The van der Waals surface area contributed by atoms with E-state index in [1.54, 1.807) is 18.7 Å². The van der Waals surface area contributed by atoms with Crippen molar-refractivity contribution >= 4 is 17.7 Å². The van der Waals surface area contributed by atoms with Crippen LogP contribution in [0.15, 0.2) is 40.0 Å². The molecule has 1 amide bonds. The normalized spacial score (nSPS) is 11.1. The Morgan fingerprint density at radius 2 is 2.00 bits per heavy atom.